The molecular formula is C18H19FN6. The van der Waals surface area contributed by atoms with Gasteiger partial charge in [-0.1, -0.05) is 6.07 Å². The quantitative estimate of drug-likeness (QED) is 0.897. The zero-order chi connectivity index (χ0) is 16.8. The fourth-order valence-electron chi connectivity index (χ4n) is 3.75. The molecule has 1 aromatic heterocycles. The Morgan fingerprint density at radius 1 is 1.32 bits per heavy atom. The van der Waals surface area contributed by atoms with E-state index in [1.165, 1.54) is 11.8 Å². The number of hydrogen-bond donors (Lipinski definition) is 2. The van der Waals surface area contributed by atoms with Gasteiger partial charge in [-0.15, -0.1) is 0 Å². The minimum absolute atomic E-state index is 0.216. The van der Waals surface area contributed by atoms with Crippen LogP contribution < -0.4 is 15.5 Å². The van der Waals surface area contributed by atoms with Crippen LogP contribution in [0, 0.1) is 11.7 Å². The van der Waals surface area contributed by atoms with E-state index >= 15 is 0 Å². The van der Waals surface area contributed by atoms with E-state index in [9.17, 15) is 4.39 Å². The van der Waals surface area contributed by atoms with Gasteiger partial charge in [0.05, 0.1) is 12.7 Å². The van der Waals surface area contributed by atoms with Gasteiger partial charge in [0.15, 0.2) is 11.6 Å². The Labute approximate surface area is 145 Å². The van der Waals surface area contributed by atoms with E-state index in [2.05, 4.69) is 30.5 Å². The second-order valence-corrected chi connectivity index (χ2v) is 6.88. The monoisotopic (exact) mass is 338 g/mol. The topological polar surface area (TPSA) is 65.4 Å². The summed E-state index contributed by atoms with van der Waals surface area (Å²) in [4.78, 5) is 15.0. The van der Waals surface area contributed by atoms with Crippen LogP contribution in [0.15, 0.2) is 29.4 Å². The van der Waals surface area contributed by atoms with Crippen LogP contribution in [-0.4, -0.2) is 41.9 Å². The molecule has 0 amide bonds. The summed E-state index contributed by atoms with van der Waals surface area (Å²) in [6, 6.07) is 6.54. The SMILES string of the molecule is Fc1cnc(N2CCC3NCC3C2)nc1Nc1ccc2c(c1)C=NC2. The number of piperidine rings is 1. The fraction of sp³-hybridized carbons (Fsp3) is 0.389. The van der Waals surface area contributed by atoms with Crippen molar-refractivity contribution in [3.05, 3.63) is 41.3 Å². The van der Waals surface area contributed by atoms with Gasteiger partial charge in [-0.25, -0.2) is 9.37 Å². The van der Waals surface area contributed by atoms with Crippen LogP contribution in [-0.2, 0) is 6.54 Å². The van der Waals surface area contributed by atoms with E-state index in [0.717, 1.165) is 37.3 Å². The third-order valence-electron chi connectivity index (χ3n) is 5.29. The van der Waals surface area contributed by atoms with Crippen LogP contribution in [0.2, 0.25) is 0 Å². The molecule has 5 rings (SSSR count). The van der Waals surface area contributed by atoms with Gasteiger partial charge in [-0.3, -0.25) is 4.99 Å². The lowest BCUT2D eigenvalue weighted by molar-refractivity contribution is 0.197. The van der Waals surface area contributed by atoms with E-state index in [-0.39, 0.29) is 5.82 Å². The maximum atomic E-state index is 14.2. The molecule has 2 unspecified atom stereocenters. The zero-order valence-electron chi connectivity index (χ0n) is 13.7. The van der Waals surface area contributed by atoms with Gasteiger partial charge in [-0.05, 0) is 29.7 Å². The molecule has 0 saturated carbocycles. The molecule has 2 saturated heterocycles. The number of fused-ring (bicyclic) bond motifs is 2. The van der Waals surface area contributed by atoms with Crippen molar-refractivity contribution in [3.63, 3.8) is 0 Å². The number of aliphatic imine (C=N–C) groups is 1. The molecule has 0 spiro atoms. The van der Waals surface area contributed by atoms with Gasteiger partial charge >= 0.3 is 0 Å². The highest BCUT2D eigenvalue weighted by atomic mass is 19.1. The molecule has 7 heteroatoms. The second kappa shape index (κ2) is 5.77. The van der Waals surface area contributed by atoms with E-state index in [0.29, 0.717) is 24.5 Å². The fourth-order valence-corrected chi connectivity index (χ4v) is 3.75. The average Bonchev–Trinajstić information content (AvgIpc) is 3.06. The van der Waals surface area contributed by atoms with Crippen molar-refractivity contribution < 1.29 is 4.39 Å². The molecule has 6 nitrogen and oxygen atoms in total. The summed E-state index contributed by atoms with van der Waals surface area (Å²) in [6.07, 6.45) is 4.18. The van der Waals surface area contributed by atoms with Gasteiger partial charge in [0.25, 0.3) is 0 Å². The summed E-state index contributed by atoms with van der Waals surface area (Å²) >= 11 is 0. The standard InChI is InChI=1S/C18H19FN6/c19-15-9-22-18(25-4-3-16-13(10-25)8-21-16)24-17(15)23-14-2-1-11-6-20-7-12(11)5-14/h1-2,5,7,9,13,16,21H,3-4,6,8,10H2,(H,22,23,24). The Morgan fingerprint density at radius 2 is 2.28 bits per heavy atom. The summed E-state index contributed by atoms with van der Waals surface area (Å²) in [7, 11) is 0. The van der Waals surface area contributed by atoms with E-state index in [1.54, 1.807) is 0 Å². The molecule has 4 heterocycles. The lowest BCUT2D eigenvalue weighted by atomic mass is 9.85. The van der Waals surface area contributed by atoms with E-state index in [1.807, 2.05) is 24.4 Å². The first-order valence-electron chi connectivity index (χ1n) is 8.67. The smallest absolute Gasteiger partial charge is 0.227 e. The van der Waals surface area contributed by atoms with Crippen molar-refractivity contribution >= 4 is 23.7 Å². The summed E-state index contributed by atoms with van der Waals surface area (Å²) in [5.74, 6) is 1.01. The van der Waals surface area contributed by atoms with Crippen LogP contribution in [0.1, 0.15) is 17.5 Å². The molecule has 0 radical (unpaired) electrons. The predicted molar refractivity (Wildman–Crippen MR) is 95.1 cm³/mol. The first-order valence-corrected chi connectivity index (χ1v) is 8.67. The van der Waals surface area contributed by atoms with Crippen LogP contribution in [0.5, 0.6) is 0 Å². The van der Waals surface area contributed by atoms with Crippen LogP contribution in [0.25, 0.3) is 0 Å². The van der Waals surface area contributed by atoms with Crippen molar-refractivity contribution in [2.24, 2.45) is 10.9 Å². The summed E-state index contributed by atoms with van der Waals surface area (Å²) in [6.45, 7) is 3.59. The molecule has 3 aliphatic rings. The molecule has 128 valence electrons. The first kappa shape index (κ1) is 14.8. The summed E-state index contributed by atoms with van der Waals surface area (Å²) in [5.41, 5.74) is 3.06. The molecule has 3 aliphatic heterocycles. The molecule has 0 aliphatic carbocycles. The predicted octanol–water partition coefficient (Wildman–Crippen LogP) is 2.09. The number of anilines is 3. The molecular weight excluding hydrogens is 319 g/mol. The molecule has 0 bridgehead atoms. The van der Waals surface area contributed by atoms with Gasteiger partial charge in [0.2, 0.25) is 5.95 Å². The number of rotatable bonds is 3. The lowest BCUT2D eigenvalue weighted by Crippen LogP contribution is -2.61. The molecule has 25 heavy (non-hydrogen) atoms. The van der Waals surface area contributed by atoms with Gasteiger partial charge < -0.3 is 15.5 Å². The Hall–Kier alpha value is -2.54. The Kier molecular flexibility index (Phi) is 3.41. The number of hydrogen-bond acceptors (Lipinski definition) is 6. The number of halogens is 1. The zero-order valence-corrected chi connectivity index (χ0v) is 13.7. The summed E-state index contributed by atoms with van der Waals surface area (Å²) in [5, 5.41) is 6.53. The Bertz CT molecular complexity index is 851. The molecule has 1 aromatic carbocycles. The number of nitrogens with zero attached hydrogens (tertiary/aromatic N) is 4. The highest BCUT2D eigenvalue weighted by Gasteiger charge is 2.36. The van der Waals surface area contributed by atoms with Crippen molar-refractivity contribution in [2.45, 2.75) is 19.0 Å². The second-order valence-electron chi connectivity index (χ2n) is 6.88. The Balaban J connectivity index is 1.38. The minimum Gasteiger partial charge on any atom is -0.340 e. The molecule has 2 fully saturated rings. The van der Waals surface area contributed by atoms with Crippen molar-refractivity contribution in [3.8, 4) is 0 Å². The van der Waals surface area contributed by atoms with Gasteiger partial charge in [0, 0.05) is 43.5 Å². The van der Waals surface area contributed by atoms with Crippen LogP contribution in [0.4, 0.5) is 21.8 Å². The molecule has 2 aromatic rings. The molecule has 2 atom stereocenters. The van der Waals surface area contributed by atoms with Crippen molar-refractivity contribution in [2.75, 3.05) is 29.9 Å². The largest absolute Gasteiger partial charge is 0.340 e. The minimum atomic E-state index is -0.446. The third kappa shape index (κ3) is 2.64. The number of nitrogens with one attached hydrogen (secondary N) is 2. The van der Waals surface area contributed by atoms with Crippen molar-refractivity contribution in [1.29, 1.82) is 0 Å². The average molecular weight is 338 g/mol. The molecule has 2 N–H and O–H groups in total. The van der Waals surface area contributed by atoms with Crippen LogP contribution >= 0.6 is 0 Å². The lowest BCUT2D eigenvalue weighted by Gasteiger charge is -2.46. The van der Waals surface area contributed by atoms with Crippen molar-refractivity contribution in [1.82, 2.24) is 15.3 Å². The third-order valence-corrected chi connectivity index (χ3v) is 5.29. The number of aromatic nitrogens is 2. The van der Waals surface area contributed by atoms with E-state index < -0.39 is 5.82 Å². The first-order chi connectivity index (χ1) is 12.3. The van der Waals surface area contributed by atoms with Gasteiger partial charge in [0.1, 0.15) is 0 Å². The number of benzene rings is 1. The maximum Gasteiger partial charge on any atom is 0.227 e. The normalized spacial score (nSPS) is 23.8. The van der Waals surface area contributed by atoms with E-state index in [4.69, 9.17) is 0 Å². The Morgan fingerprint density at radius 3 is 3.12 bits per heavy atom. The highest BCUT2D eigenvalue weighted by Crippen LogP contribution is 2.28. The maximum absolute atomic E-state index is 14.2. The highest BCUT2D eigenvalue weighted by molar-refractivity contribution is 5.86. The van der Waals surface area contributed by atoms with Gasteiger partial charge in [-0.2, -0.15) is 4.98 Å². The van der Waals surface area contributed by atoms with Crippen LogP contribution in [0.3, 0.4) is 0 Å². The summed E-state index contributed by atoms with van der Waals surface area (Å²) < 4.78 is 14.2.